The largest absolute Gasteiger partial charge is 0.507 e. The monoisotopic (exact) mass is 304 g/mol. The number of aromatic hydroxyl groups is 1. The summed E-state index contributed by atoms with van der Waals surface area (Å²) in [5, 5.41) is 10.8. The molecule has 0 radical (unpaired) electrons. The van der Waals surface area contributed by atoms with E-state index in [4.69, 9.17) is 4.74 Å². The predicted octanol–water partition coefficient (Wildman–Crippen LogP) is 5.22. The van der Waals surface area contributed by atoms with Crippen LogP contribution in [-0.4, -0.2) is 12.2 Å². The van der Waals surface area contributed by atoms with Gasteiger partial charge in [-0.25, -0.2) is 0 Å². The van der Waals surface area contributed by atoms with E-state index in [-0.39, 0.29) is 5.92 Å². The second-order valence-electron chi connectivity index (χ2n) is 5.58. The van der Waals surface area contributed by atoms with Gasteiger partial charge in [-0.2, -0.15) is 0 Å². The van der Waals surface area contributed by atoms with Gasteiger partial charge in [-0.15, -0.1) is 0 Å². The van der Waals surface area contributed by atoms with Crippen molar-refractivity contribution in [2.75, 3.05) is 7.11 Å². The lowest BCUT2D eigenvalue weighted by Crippen LogP contribution is -1.97. The Morgan fingerprint density at radius 1 is 0.783 bits per heavy atom. The van der Waals surface area contributed by atoms with Gasteiger partial charge in [-0.3, -0.25) is 0 Å². The Bertz CT molecular complexity index is 794. The molecule has 0 aliphatic heterocycles. The summed E-state index contributed by atoms with van der Waals surface area (Å²) in [5.74, 6) is 1.19. The summed E-state index contributed by atoms with van der Waals surface area (Å²) in [5.41, 5.74) is 3.79. The first-order chi connectivity index (χ1) is 11.2. The van der Waals surface area contributed by atoms with Gasteiger partial charge in [0.05, 0.1) is 7.11 Å². The highest BCUT2D eigenvalue weighted by Gasteiger charge is 2.17. The van der Waals surface area contributed by atoms with Crippen LogP contribution < -0.4 is 4.74 Å². The van der Waals surface area contributed by atoms with Gasteiger partial charge in [0, 0.05) is 22.6 Å². The average Bonchev–Trinajstić information content (AvgIpc) is 2.62. The van der Waals surface area contributed by atoms with Crippen LogP contribution in [0.25, 0.3) is 11.1 Å². The number of ether oxygens (including phenoxy) is 1. The SMILES string of the molecule is COc1ccccc1-c1cccc(C(C)c2ccccc2)c1O. The number of para-hydroxylation sites is 2. The van der Waals surface area contributed by atoms with Crippen LogP contribution in [0.15, 0.2) is 72.8 Å². The number of hydrogen-bond donors (Lipinski definition) is 1. The molecule has 0 aliphatic carbocycles. The Labute approximate surface area is 137 Å². The molecule has 0 aromatic heterocycles. The van der Waals surface area contributed by atoms with Crippen LogP contribution in [0.3, 0.4) is 0 Å². The molecule has 0 fully saturated rings. The molecular formula is C21H20O2. The van der Waals surface area contributed by atoms with Gasteiger partial charge in [0.2, 0.25) is 0 Å². The van der Waals surface area contributed by atoms with Crippen molar-refractivity contribution in [2.45, 2.75) is 12.8 Å². The van der Waals surface area contributed by atoms with E-state index in [9.17, 15) is 5.11 Å². The van der Waals surface area contributed by atoms with Gasteiger partial charge >= 0.3 is 0 Å². The lowest BCUT2D eigenvalue weighted by Gasteiger charge is -2.17. The number of hydrogen-bond acceptors (Lipinski definition) is 2. The Morgan fingerprint density at radius 2 is 1.43 bits per heavy atom. The van der Waals surface area contributed by atoms with Crippen LogP contribution in [0.4, 0.5) is 0 Å². The first kappa shape index (κ1) is 15.2. The molecule has 1 N–H and O–H groups in total. The number of phenols is 1. The van der Waals surface area contributed by atoms with Crippen LogP contribution in [0.1, 0.15) is 24.0 Å². The molecule has 3 aromatic carbocycles. The van der Waals surface area contributed by atoms with Crippen molar-refractivity contribution in [3.63, 3.8) is 0 Å². The summed E-state index contributed by atoms with van der Waals surface area (Å²) in [7, 11) is 1.65. The normalized spacial score (nSPS) is 11.9. The highest BCUT2D eigenvalue weighted by molar-refractivity contribution is 5.77. The molecule has 0 amide bonds. The van der Waals surface area contributed by atoms with Gasteiger partial charge < -0.3 is 9.84 Å². The summed E-state index contributed by atoms with van der Waals surface area (Å²) < 4.78 is 5.43. The maximum atomic E-state index is 10.8. The zero-order valence-electron chi connectivity index (χ0n) is 13.4. The molecule has 1 atom stereocenters. The fourth-order valence-electron chi connectivity index (χ4n) is 2.92. The van der Waals surface area contributed by atoms with Crippen molar-refractivity contribution >= 4 is 0 Å². The van der Waals surface area contributed by atoms with Crippen molar-refractivity contribution in [3.8, 4) is 22.6 Å². The summed E-state index contributed by atoms with van der Waals surface area (Å²) in [6, 6.07) is 23.8. The quantitative estimate of drug-likeness (QED) is 0.716. The Balaban J connectivity index is 2.09. The number of methoxy groups -OCH3 is 1. The second-order valence-corrected chi connectivity index (χ2v) is 5.58. The zero-order valence-corrected chi connectivity index (χ0v) is 13.4. The van der Waals surface area contributed by atoms with E-state index in [2.05, 4.69) is 19.1 Å². The fourth-order valence-corrected chi connectivity index (χ4v) is 2.92. The molecule has 0 spiro atoms. The summed E-state index contributed by atoms with van der Waals surface area (Å²) in [6.45, 7) is 2.11. The summed E-state index contributed by atoms with van der Waals surface area (Å²) in [6.07, 6.45) is 0. The Hall–Kier alpha value is -2.74. The molecule has 0 heterocycles. The molecule has 1 unspecified atom stereocenters. The third kappa shape index (κ3) is 2.93. The standard InChI is InChI=1S/C21H20O2/c1-15(16-9-4-3-5-10-16)17-12-8-13-19(21(17)22)18-11-6-7-14-20(18)23-2/h3-15,22H,1-2H3. The van der Waals surface area contributed by atoms with E-state index >= 15 is 0 Å². The molecule has 116 valence electrons. The maximum absolute atomic E-state index is 10.8. The first-order valence-corrected chi connectivity index (χ1v) is 7.72. The average molecular weight is 304 g/mol. The third-order valence-corrected chi connectivity index (χ3v) is 4.23. The van der Waals surface area contributed by atoms with Gasteiger partial charge in [0.15, 0.2) is 0 Å². The molecule has 3 aromatic rings. The van der Waals surface area contributed by atoms with Crippen molar-refractivity contribution in [3.05, 3.63) is 83.9 Å². The molecule has 2 heteroatoms. The van der Waals surface area contributed by atoms with E-state index in [1.807, 2.05) is 60.7 Å². The van der Waals surface area contributed by atoms with Crippen LogP contribution in [0.2, 0.25) is 0 Å². The summed E-state index contributed by atoms with van der Waals surface area (Å²) in [4.78, 5) is 0. The first-order valence-electron chi connectivity index (χ1n) is 7.72. The molecule has 0 aliphatic rings. The molecule has 23 heavy (non-hydrogen) atoms. The molecule has 0 saturated carbocycles. The van der Waals surface area contributed by atoms with Crippen LogP contribution >= 0.6 is 0 Å². The van der Waals surface area contributed by atoms with Crippen LogP contribution in [0, 0.1) is 0 Å². The van der Waals surface area contributed by atoms with Crippen molar-refractivity contribution in [1.29, 1.82) is 0 Å². The molecule has 0 saturated heterocycles. The minimum atomic E-state index is 0.117. The van der Waals surface area contributed by atoms with Crippen molar-refractivity contribution < 1.29 is 9.84 Å². The third-order valence-electron chi connectivity index (χ3n) is 4.23. The Kier molecular flexibility index (Phi) is 4.33. The van der Waals surface area contributed by atoms with Gasteiger partial charge in [0.1, 0.15) is 11.5 Å². The van der Waals surface area contributed by atoms with Crippen LogP contribution in [-0.2, 0) is 0 Å². The minimum Gasteiger partial charge on any atom is -0.507 e. The highest BCUT2D eigenvalue weighted by Crippen LogP contribution is 2.41. The van der Waals surface area contributed by atoms with E-state index < -0.39 is 0 Å². The summed E-state index contributed by atoms with van der Waals surface area (Å²) >= 11 is 0. The lowest BCUT2D eigenvalue weighted by molar-refractivity contribution is 0.415. The second kappa shape index (κ2) is 6.57. The Morgan fingerprint density at radius 3 is 2.17 bits per heavy atom. The topological polar surface area (TPSA) is 29.5 Å². The minimum absolute atomic E-state index is 0.117. The zero-order chi connectivity index (χ0) is 16.2. The molecular weight excluding hydrogens is 284 g/mol. The van der Waals surface area contributed by atoms with Crippen molar-refractivity contribution in [1.82, 2.24) is 0 Å². The smallest absolute Gasteiger partial charge is 0.127 e. The number of rotatable bonds is 4. The van der Waals surface area contributed by atoms with E-state index in [0.29, 0.717) is 5.75 Å². The molecule has 3 rings (SSSR count). The molecule has 2 nitrogen and oxygen atoms in total. The van der Waals surface area contributed by atoms with Crippen molar-refractivity contribution in [2.24, 2.45) is 0 Å². The van der Waals surface area contributed by atoms with E-state index in [1.165, 1.54) is 5.56 Å². The van der Waals surface area contributed by atoms with E-state index in [1.54, 1.807) is 7.11 Å². The predicted molar refractivity (Wildman–Crippen MR) is 94.1 cm³/mol. The maximum Gasteiger partial charge on any atom is 0.127 e. The van der Waals surface area contributed by atoms with Gasteiger partial charge in [-0.1, -0.05) is 73.7 Å². The highest BCUT2D eigenvalue weighted by atomic mass is 16.5. The van der Waals surface area contributed by atoms with Gasteiger partial charge in [-0.05, 0) is 11.6 Å². The van der Waals surface area contributed by atoms with Gasteiger partial charge in [0.25, 0.3) is 0 Å². The van der Waals surface area contributed by atoms with Crippen LogP contribution in [0.5, 0.6) is 11.5 Å². The fraction of sp³-hybridized carbons (Fsp3) is 0.143. The lowest BCUT2D eigenvalue weighted by atomic mass is 9.89. The number of phenolic OH excluding ortho intramolecular Hbond substituents is 1. The van der Waals surface area contributed by atoms with E-state index in [0.717, 1.165) is 22.4 Å². The number of benzene rings is 3. The molecule has 0 bridgehead atoms.